The molecule has 0 aliphatic heterocycles. The Hall–Kier alpha value is -3.28. The highest BCUT2D eigenvalue weighted by Crippen LogP contribution is 2.17. The van der Waals surface area contributed by atoms with Gasteiger partial charge in [-0.3, -0.25) is 4.79 Å². The van der Waals surface area contributed by atoms with Gasteiger partial charge >= 0.3 is 0 Å². The zero-order valence-corrected chi connectivity index (χ0v) is 15.9. The summed E-state index contributed by atoms with van der Waals surface area (Å²) in [6.45, 7) is 4.74. The van der Waals surface area contributed by atoms with Gasteiger partial charge < -0.3 is 10.6 Å². The molecule has 2 aromatic carbocycles. The number of benzene rings is 2. The molecule has 2 N–H and O–H groups in total. The number of halogens is 1. The van der Waals surface area contributed by atoms with Crippen LogP contribution in [0.5, 0.6) is 0 Å². The number of hydrogen-bond donors (Lipinski definition) is 2. The van der Waals surface area contributed by atoms with Crippen LogP contribution in [0.1, 0.15) is 41.3 Å². The van der Waals surface area contributed by atoms with Crippen LogP contribution in [0.15, 0.2) is 60.9 Å². The van der Waals surface area contributed by atoms with Crippen LogP contribution in [0.25, 0.3) is 0 Å². The van der Waals surface area contributed by atoms with Crippen molar-refractivity contribution in [3.8, 4) is 0 Å². The Kier molecular flexibility index (Phi) is 6.32. The number of nitrogens with zero attached hydrogens (tertiary/aromatic N) is 2. The van der Waals surface area contributed by atoms with Crippen LogP contribution in [0.3, 0.4) is 0 Å². The van der Waals surface area contributed by atoms with E-state index < -0.39 is 0 Å². The Labute approximate surface area is 164 Å². The molecule has 144 valence electrons. The summed E-state index contributed by atoms with van der Waals surface area (Å²) in [4.78, 5) is 20.6. The molecule has 0 radical (unpaired) electrons. The minimum Gasteiger partial charge on any atom is -0.354 e. The zero-order valence-electron chi connectivity index (χ0n) is 15.9. The summed E-state index contributed by atoms with van der Waals surface area (Å²) in [5, 5.41) is 5.87. The van der Waals surface area contributed by atoms with Gasteiger partial charge in [0.25, 0.3) is 5.91 Å². The molecule has 28 heavy (non-hydrogen) atoms. The van der Waals surface area contributed by atoms with Crippen molar-refractivity contribution in [2.45, 2.75) is 26.2 Å². The molecule has 0 atom stereocenters. The number of nitrogens with one attached hydrogen (secondary N) is 2. The van der Waals surface area contributed by atoms with Crippen molar-refractivity contribution in [2.24, 2.45) is 0 Å². The topological polar surface area (TPSA) is 66.9 Å². The van der Waals surface area contributed by atoms with E-state index in [1.54, 1.807) is 18.2 Å². The zero-order chi connectivity index (χ0) is 19.9. The fourth-order valence-electron chi connectivity index (χ4n) is 2.70. The van der Waals surface area contributed by atoms with Crippen LogP contribution in [0.4, 0.5) is 16.0 Å². The average Bonchev–Trinajstić information content (AvgIpc) is 2.70. The van der Waals surface area contributed by atoms with Crippen molar-refractivity contribution >= 4 is 17.5 Å². The monoisotopic (exact) mass is 378 g/mol. The highest BCUT2D eigenvalue weighted by atomic mass is 19.1. The highest BCUT2D eigenvalue weighted by Gasteiger charge is 2.08. The number of amides is 1. The van der Waals surface area contributed by atoms with Crippen LogP contribution < -0.4 is 10.6 Å². The van der Waals surface area contributed by atoms with Gasteiger partial charge in [0.2, 0.25) is 5.95 Å². The van der Waals surface area contributed by atoms with E-state index in [1.807, 2.05) is 24.3 Å². The molecule has 3 rings (SSSR count). The van der Waals surface area contributed by atoms with Crippen molar-refractivity contribution in [1.82, 2.24) is 9.97 Å². The molecule has 0 fully saturated rings. The lowest BCUT2D eigenvalue weighted by Gasteiger charge is -2.09. The highest BCUT2D eigenvalue weighted by molar-refractivity contribution is 6.03. The minimum absolute atomic E-state index is 0.223. The van der Waals surface area contributed by atoms with Crippen LogP contribution in [0.2, 0.25) is 0 Å². The van der Waals surface area contributed by atoms with E-state index in [4.69, 9.17) is 0 Å². The van der Waals surface area contributed by atoms with E-state index in [0.717, 1.165) is 5.69 Å². The second-order valence-corrected chi connectivity index (χ2v) is 6.79. The Bertz CT molecular complexity index is 924. The first-order valence-electron chi connectivity index (χ1n) is 9.23. The summed E-state index contributed by atoms with van der Waals surface area (Å²) in [6.07, 6.45) is 3.46. The number of rotatable bonds is 7. The Morgan fingerprint density at radius 3 is 2.36 bits per heavy atom. The third-order valence-corrected chi connectivity index (χ3v) is 4.38. The van der Waals surface area contributed by atoms with Gasteiger partial charge in [-0.15, -0.1) is 0 Å². The van der Waals surface area contributed by atoms with Crippen molar-refractivity contribution in [1.29, 1.82) is 0 Å². The molecule has 1 heterocycles. The van der Waals surface area contributed by atoms with Gasteiger partial charge in [-0.25, -0.2) is 14.4 Å². The number of anilines is 2. The summed E-state index contributed by atoms with van der Waals surface area (Å²) >= 11 is 0. The van der Waals surface area contributed by atoms with E-state index in [-0.39, 0.29) is 11.7 Å². The van der Waals surface area contributed by atoms with Gasteiger partial charge in [0, 0.05) is 24.6 Å². The summed E-state index contributed by atoms with van der Waals surface area (Å²) in [6, 6.07) is 14.4. The van der Waals surface area contributed by atoms with Gasteiger partial charge in [-0.1, -0.05) is 44.2 Å². The molecule has 0 bridgehead atoms. The van der Waals surface area contributed by atoms with Crippen molar-refractivity contribution < 1.29 is 9.18 Å². The van der Waals surface area contributed by atoms with Crippen molar-refractivity contribution in [2.75, 3.05) is 17.2 Å². The molecule has 0 aliphatic rings. The Balaban J connectivity index is 1.53. The second-order valence-electron chi connectivity index (χ2n) is 6.79. The molecule has 0 saturated carbocycles. The Morgan fingerprint density at radius 1 is 1.04 bits per heavy atom. The number of aromatic nitrogens is 2. The molecule has 6 heteroatoms. The lowest BCUT2D eigenvalue weighted by atomic mass is 10.0. The lowest BCUT2D eigenvalue weighted by Crippen LogP contribution is -2.14. The lowest BCUT2D eigenvalue weighted by molar-refractivity contribution is 0.102. The fourth-order valence-corrected chi connectivity index (χ4v) is 2.70. The first-order valence-corrected chi connectivity index (χ1v) is 9.23. The van der Waals surface area contributed by atoms with Crippen molar-refractivity contribution in [3.63, 3.8) is 0 Å². The molecule has 0 unspecified atom stereocenters. The molecule has 1 amide bonds. The summed E-state index contributed by atoms with van der Waals surface area (Å²) < 4.78 is 13.6. The van der Waals surface area contributed by atoms with Crippen LogP contribution in [0, 0.1) is 5.82 Å². The van der Waals surface area contributed by atoms with E-state index in [0.29, 0.717) is 36.0 Å². The third kappa shape index (κ3) is 5.13. The van der Waals surface area contributed by atoms with Crippen LogP contribution in [-0.2, 0) is 6.42 Å². The van der Waals surface area contributed by atoms with Crippen molar-refractivity contribution in [3.05, 3.63) is 83.4 Å². The van der Waals surface area contributed by atoms with Gasteiger partial charge in [0.1, 0.15) is 5.82 Å². The molecule has 0 saturated heterocycles. The van der Waals surface area contributed by atoms with E-state index >= 15 is 0 Å². The number of carbonyl (C=O) groups is 1. The van der Waals surface area contributed by atoms with Gasteiger partial charge in [-0.2, -0.15) is 0 Å². The normalized spacial score (nSPS) is 10.7. The molecule has 1 aromatic heterocycles. The molecule has 0 aliphatic carbocycles. The first-order chi connectivity index (χ1) is 13.5. The Morgan fingerprint density at radius 2 is 1.71 bits per heavy atom. The summed E-state index contributed by atoms with van der Waals surface area (Å²) in [7, 11) is 0. The summed E-state index contributed by atoms with van der Waals surface area (Å²) in [5.41, 5.74) is 2.94. The fraction of sp³-hybridized carbons (Fsp3) is 0.227. The molecule has 3 aromatic rings. The number of carbonyl (C=O) groups excluding carboxylic acids is 1. The predicted octanol–water partition coefficient (Wildman–Crippen LogP) is 4.65. The maximum atomic E-state index is 13.6. The van der Waals surface area contributed by atoms with E-state index in [9.17, 15) is 9.18 Å². The first kappa shape index (κ1) is 19.5. The molecular weight excluding hydrogens is 355 g/mol. The largest absolute Gasteiger partial charge is 0.354 e. The maximum absolute atomic E-state index is 13.6. The smallest absolute Gasteiger partial charge is 0.258 e. The van der Waals surface area contributed by atoms with Gasteiger partial charge in [-0.05, 0) is 41.7 Å². The molecule has 0 spiro atoms. The minimum atomic E-state index is -0.268. The second kappa shape index (κ2) is 9.08. The predicted molar refractivity (Wildman–Crippen MR) is 109 cm³/mol. The maximum Gasteiger partial charge on any atom is 0.258 e. The molecular formula is C22H23FN4O. The standard InChI is InChI=1S/C22H23FN4O/c1-15(2)16-7-9-19(10-8-16)27-21(28)18-13-25-22(26-14-18)24-12-11-17-5-3-4-6-20(17)23/h3-10,13-15H,11-12H2,1-2H3,(H,27,28)(H,24,25,26). The number of hydrogen-bond acceptors (Lipinski definition) is 4. The third-order valence-electron chi connectivity index (χ3n) is 4.38. The van der Waals surface area contributed by atoms with Gasteiger partial charge in [0.05, 0.1) is 5.56 Å². The SMILES string of the molecule is CC(C)c1ccc(NC(=O)c2cnc(NCCc3ccccc3F)nc2)cc1. The van der Waals surface area contributed by atoms with Crippen LogP contribution >= 0.6 is 0 Å². The van der Waals surface area contributed by atoms with Gasteiger partial charge in [0.15, 0.2) is 0 Å². The quantitative estimate of drug-likeness (QED) is 0.628. The van der Waals surface area contributed by atoms with E-state index in [2.05, 4.69) is 34.4 Å². The average molecular weight is 378 g/mol. The van der Waals surface area contributed by atoms with E-state index in [1.165, 1.54) is 24.0 Å². The summed E-state index contributed by atoms with van der Waals surface area (Å²) in [5.74, 6) is 0.347. The molecule has 5 nitrogen and oxygen atoms in total. The van der Waals surface area contributed by atoms with Crippen LogP contribution in [-0.4, -0.2) is 22.4 Å².